The van der Waals surface area contributed by atoms with Gasteiger partial charge < -0.3 is 4.74 Å². The van der Waals surface area contributed by atoms with E-state index in [1.807, 2.05) is 30.3 Å². The molecular weight excluding hydrogens is 224 g/mol. The minimum absolute atomic E-state index is 0.0748. The molecule has 0 saturated heterocycles. The molecule has 0 heterocycles. The van der Waals surface area contributed by atoms with Crippen molar-refractivity contribution in [3.05, 3.63) is 65.7 Å². The summed E-state index contributed by atoms with van der Waals surface area (Å²) in [6.07, 6.45) is 0.884. The van der Waals surface area contributed by atoms with Crippen LogP contribution in [0.3, 0.4) is 0 Å². The van der Waals surface area contributed by atoms with Gasteiger partial charge in [-0.25, -0.2) is 0 Å². The number of rotatable bonds is 5. The molecule has 2 aromatic carbocycles. The summed E-state index contributed by atoms with van der Waals surface area (Å²) < 4.78 is 5.63. The number of benzene rings is 2. The Labute approximate surface area is 107 Å². The van der Waals surface area contributed by atoms with Crippen LogP contribution >= 0.6 is 0 Å². The van der Waals surface area contributed by atoms with Gasteiger partial charge in [-0.1, -0.05) is 30.3 Å². The van der Waals surface area contributed by atoms with E-state index in [4.69, 9.17) is 4.74 Å². The maximum Gasteiger partial charge on any atom is 0.159 e. The molecular formula is C16H16O2. The summed E-state index contributed by atoms with van der Waals surface area (Å²) >= 11 is 0. The van der Waals surface area contributed by atoms with Crippen molar-refractivity contribution in [3.63, 3.8) is 0 Å². The zero-order chi connectivity index (χ0) is 12.8. The van der Waals surface area contributed by atoms with Gasteiger partial charge in [-0.15, -0.1) is 0 Å². The van der Waals surface area contributed by atoms with Gasteiger partial charge in [0.2, 0.25) is 0 Å². The molecule has 0 bridgehead atoms. The largest absolute Gasteiger partial charge is 0.493 e. The average molecular weight is 240 g/mol. The monoisotopic (exact) mass is 240 g/mol. The molecule has 0 amide bonds. The van der Waals surface area contributed by atoms with Crippen molar-refractivity contribution in [2.24, 2.45) is 0 Å². The van der Waals surface area contributed by atoms with Crippen LogP contribution in [0, 0.1) is 0 Å². The fourth-order valence-electron chi connectivity index (χ4n) is 1.72. The van der Waals surface area contributed by atoms with Gasteiger partial charge in [0.05, 0.1) is 6.61 Å². The first-order valence-corrected chi connectivity index (χ1v) is 6.03. The molecule has 18 heavy (non-hydrogen) atoms. The van der Waals surface area contributed by atoms with Crippen LogP contribution in [0.15, 0.2) is 54.6 Å². The Morgan fingerprint density at radius 1 is 1.00 bits per heavy atom. The van der Waals surface area contributed by atoms with Crippen LogP contribution in [0.5, 0.6) is 5.75 Å². The van der Waals surface area contributed by atoms with E-state index in [0.29, 0.717) is 12.2 Å². The summed E-state index contributed by atoms with van der Waals surface area (Å²) in [7, 11) is 0. The molecule has 0 radical (unpaired) electrons. The molecule has 2 aromatic rings. The van der Waals surface area contributed by atoms with Crippen LogP contribution in [0.4, 0.5) is 0 Å². The Morgan fingerprint density at radius 2 is 1.67 bits per heavy atom. The molecule has 0 aliphatic heterocycles. The minimum Gasteiger partial charge on any atom is -0.493 e. The van der Waals surface area contributed by atoms with Crippen LogP contribution in [-0.4, -0.2) is 12.4 Å². The van der Waals surface area contributed by atoms with E-state index >= 15 is 0 Å². The highest BCUT2D eigenvalue weighted by atomic mass is 16.5. The Morgan fingerprint density at radius 3 is 2.28 bits per heavy atom. The first kappa shape index (κ1) is 12.4. The highest BCUT2D eigenvalue weighted by molar-refractivity contribution is 5.94. The fourth-order valence-corrected chi connectivity index (χ4v) is 1.72. The molecule has 0 fully saturated rings. The van der Waals surface area contributed by atoms with E-state index in [-0.39, 0.29) is 5.78 Å². The van der Waals surface area contributed by atoms with Crippen LogP contribution in [0.1, 0.15) is 22.8 Å². The smallest absolute Gasteiger partial charge is 0.159 e. The molecule has 0 unspecified atom stereocenters. The topological polar surface area (TPSA) is 26.3 Å². The van der Waals surface area contributed by atoms with Crippen LogP contribution in [-0.2, 0) is 6.42 Å². The molecule has 0 saturated carbocycles. The number of Topliss-reactive ketones (excluding diaryl/α,β-unsaturated/α-hetero) is 1. The molecule has 2 rings (SSSR count). The first-order valence-electron chi connectivity index (χ1n) is 6.03. The van der Waals surface area contributed by atoms with Gasteiger partial charge in [0, 0.05) is 12.0 Å². The summed E-state index contributed by atoms with van der Waals surface area (Å²) in [5, 5.41) is 0. The molecule has 0 spiro atoms. The van der Waals surface area contributed by atoms with Crippen LogP contribution < -0.4 is 4.74 Å². The van der Waals surface area contributed by atoms with Gasteiger partial charge in [0.25, 0.3) is 0 Å². The third-order valence-corrected chi connectivity index (χ3v) is 2.76. The summed E-state index contributed by atoms with van der Waals surface area (Å²) in [5.74, 6) is 0.877. The lowest BCUT2D eigenvalue weighted by molar-refractivity contribution is 0.101. The number of ether oxygens (including phenoxy) is 1. The van der Waals surface area contributed by atoms with Crippen molar-refractivity contribution >= 4 is 5.78 Å². The fraction of sp³-hybridized carbons (Fsp3) is 0.188. The number of hydrogen-bond donors (Lipinski definition) is 0. The molecule has 0 N–H and O–H groups in total. The Bertz CT molecular complexity index is 500. The van der Waals surface area contributed by atoms with Crippen LogP contribution in [0.2, 0.25) is 0 Å². The second-order valence-corrected chi connectivity index (χ2v) is 4.16. The zero-order valence-electron chi connectivity index (χ0n) is 10.4. The molecule has 92 valence electrons. The van der Waals surface area contributed by atoms with Crippen molar-refractivity contribution in [3.8, 4) is 5.75 Å². The Hall–Kier alpha value is -2.09. The van der Waals surface area contributed by atoms with Crippen molar-refractivity contribution < 1.29 is 9.53 Å². The summed E-state index contributed by atoms with van der Waals surface area (Å²) in [4.78, 5) is 11.1. The predicted octanol–water partition coefficient (Wildman–Crippen LogP) is 3.51. The third-order valence-electron chi connectivity index (χ3n) is 2.76. The number of carbonyl (C=O) groups is 1. The van der Waals surface area contributed by atoms with E-state index in [0.717, 1.165) is 12.2 Å². The number of ketones is 1. The standard InChI is InChI=1S/C16H16O2/c1-13(17)15-7-9-16(10-8-15)18-12-11-14-5-3-2-4-6-14/h2-10H,11-12H2,1H3. The normalized spacial score (nSPS) is 10.1. The second kappa shape index (κ2) is 6.01. The SMILES string of the molecule is CC(=O)c1ccc(OCCc2ccccc2)cc1. The van der Waals surface area contributed by atoms with Gasteiger partial charge in [-0.2, -0.15) is 0 Å². The van der Waals surface area contributed by atoms with Crippen LogP contribution in [0.25, 0.3) is 0 Å². The van der Waals surface area contributed by atoms with Gasteiger partial charge in [0.1, 0.15) is 5.75 Å². The Balaban J connectivity index is 1.85. The predicted molar refractivity (Wildman–Crippen MR) is 72.1 cm³/mol. The van der Waals surface area contributed by atoms with E-state index in [1.54, 1.807) is 19.1 Å². The van der Waals surface area contributed by atoms with E-state index in [2.05, 4.69) is 12.1 Å². The van der Waals surface area contributed by atoms with Gasteiger partial charge in [0.15, 0.2) is 5.78 Å². The zero-order valence-corrected chi connectivity index (χ0v) is 10.4. The van der Waals surface area contributed by atoms with Gasteiger partial charge >= 0.3 is 0 Å². The number of carbonyl (C=O) groups excluding carboxylic acids is 1. The minimum atomic E-state index is 0.0748. The first-order chi connectivity index (χ1) is 8.75. The lowest BCUT2D eigenvalue weighted by Crippen LogP contribution is -2.01. The third kappa shape index (κ3) is 3.45. The van der Waals surface area contributed by atoms with E-state index in [1.165, 1.54) is 5.56 Å². The van der Waals surface area contributed by atoms with E-state index in [9.17, 15) is 4.79 Å². The maximum absolute atomic E-state index is 11.1. The van der Waals surface area contributed by atoms with Crippen molar-refractivity contribution in [2.75, 3.05) is 6.61 Å². The van der Waals surface area contributed by atoms with Crippen molar-refractivity contribution in [1.29, 1.82) is 0 Å². The lowest BCUT2D eigenvalue weighted by atomic mass is 10.1. The summed E-state index contributed by atoms with van der Waals surface area (Å²) in [6, 6.07) is 17.5. The van der Waals surface area contributed by atoms with Gasteiger partial charge in [-0.3, -0.25) is 4.79 Å². The molecule has 0 aliphatic rings. The van der Waals surface area contributed by atoms with Gasteiger partial charge in [-0.05, 0) is 36.8 Å². The highest BCUT2D eigenvalue weighted by Gasteiger charge is 1.99. The number of hydrogen-bond acceptors (Lipinski definition) is 2. The summed E-state index contributed by atoms with van der Waals surface area (Å²) in [6.45, 7) is 2.20. The molecule has 2 heteroatoms. The maximum atomic E-state index is 11.1. The van der Waals surface area contributed by atoms with Crippen molar-refractivity contribution in [1.82, 2.24) is 0 Å². The molecule has 0 aromatic heterocycles. The average Bonchev–Trinajstić information content (AvgIpc) is 2.40. The lowest BCUT2D eigenvalue weighted by Gasteiger charge is -2.06. The highest BCUT2D eigenvalue weighted by Crippen LogP contribution is 2.13. The molecule has 2 nitrogen and oxygen atoms in total. The van der Waals surface area contributed by atoms with Crippen molar-refractivity contribution in [2.45, 2.75) is 13.3 Å². The Kier molecular flexibility index (Phi) is 4.13. The molecule has 0 atom stereocenters. The summed E-state index contributed by atoms with van der Waals surface area (Å²) in [5.41, 5.74) is 1.98. The molecule has 0 aliphatic carbocycles. The van der Waals surface area contributed by atoms with E-state index < -0.39 is 0 Å². The second-order valence-electron chi connectivity index (χ2n) is 4.16. The quantitative estimate of drug-likeness (QED) is 0.747.